The van der Waals surface area contributed by atoms with Gasteiger partial charge in [0.25, 0.3) is 5.88 Å². The van der Waals surface area contributed by atoms with Crippen molar-refractivity contribution in [3.63, 3.8) is 0 Å². The van der Waals surface area contributed by atoms with Crippen LogP contribution in [0.2, 0.25) is 0 Å². The zero-order valence-corrected chi connectivity index (χ0v) is 12.3. The van der Waals surface area contributed by atoms with Crippen molar-refractivity contribution in [3.8, 4) is 0 Å². The van der Waals surface area contributed by atoms with Crippen molar-refractivity contribution in [2.24, 2.45) is 11.1 Å². The first-order valence-corrected chi connectivity index (χ1v) is 6.92. The monoisotopic (exact) mass is 304 g/mol. The summed E-state index contributed by atoms with van der Waals surface area (Å²) < 4.78 is 10.7. The number of ether oxygens (including phenoxy) is 1. The number of carbonyl (C=O) groups excluding carboxylic acids is 1. The predicted octanol–water partition coefficient (Wildman–Crippen LogP) is 2.44. The number of nitrogens with two attached hydrogens (primary N) is 1. The van der Waals surface area contributed by atoms with Crippen LogP contribution in [0, 0.1) is 15.5 Å². The summed E-state index contributed by atoms with van der Waals surface area (Å²) in [6.07, 6.45) is 2.21. The number of nitrogens with zero attached hydrogens (tertiary/aromatic N) is 1. The van der Waals surface area contributed by atoms with Gasteiger partial charge in [-0.3, -0.25) is 14.9 Å². The molecule has 2 N–H and O–H groups in total. The molecule has 0 aromatic carbocycles. The van der Waals surface area contributed by atoms with Crippen LogP contribution < -0.4 is 5.73 Å². The maximum atomic E-state index is 12.6. The highest BCUT2D eigenvalue weighted by Crippen LogP contribution is 2.48. The number of furan rings is 1. The SMILES string of the molecule is CC1(C)CC(=O)C2=C(C1)OC(N)=C([N+](=O)[O-])[C@H]2c1ccco1. The van der Waals surface area contributed by atoms with Gasteiger partial charge in [0.1, 0.15) is 17.4 Å². The van der Waals surface area contributed by atoms with E-state index in [1.165, 1.54) is 6.26 Å². The lowest BCUT2D eigenvalue weighted by molar-refractivity contribution is -0.433. The van der Waals surface area contributed by atoms with Gasteiger partial charge in [-0.2, -0.15) is 0 Å². The third-order valence-corrected chi connectivity index (χ3v) is 3.95. The molecule has 1 aliphatic heterocycles. The molecule has 0 saturated heterocycles. The molecule has 0 saturated carbocycles. The van der Waals surface area contributed by atoms with Crippen LogP contribution in [0.4, 0.5) is 0 Å². The summed E-state index contributed by atoms with van der Waals surface area (Å²) in [6.45, 7) is 3.89. The minimum Gasteiger partial charge on any atom is -0.468 e. The van der Waals surface area contributed by atoms with Gasteiger partial charge in [-0.05, 0) is 17.5 Å². The molecular formula is C15H16N2O5. The third-order valence-electron chi connectivity index (χ3n) is 3.95. The fraction of sp³-hybridized carbons (Fsp3) is 0.400. The molecule has 0 amide bonds. The summed E-state index contributed by atoms with van der Waals surface area (Å²) in [7, 11) is 0. The Bertz CT molecular complexity index is 712. The van der Waals surface area contributed by atoms with Gasteiger partial charge in [0, 0.05) is 12.8 Å². The lowest BCUT2D eigenvalue weighted by Crippen LogP contribution is -2.35. The van der Waals surface area contributed by atoms with Crippen molar-refractivity contribution < 1.29 is 18.9 Å². The van der Waals surface area contributed by atoms with Gasteiger partial charge < -0.3 is 14.9 Å². The average Bonchev–Trinajstić information content (AvgIpc) is 2.88. The van der Waals surface area contributed by atoms with Crippen LogP contribution in [-0.4, -0.2) is 10.7 Å². The number of Topliss-reactive ketones (excluding diaryl/α,β-unsaturated/α-hetero) is 1. The van der Waals surface area contributed by atoms with Crippen LogP contribution in [0.5, 0.6) is 0 Å². The molecule has 2 aliphatic rings. The largest absolute Gasteiger partial charge is 0.468 e. The van der Waals surface area contributed by atoms with Gasteiger partial charge >= 0.3 is 5.70 Å². The molecule has 0 spiro atoms. The molecule has 1 aromatic heterocycles. The quantitative estimate of drug-likeness (QED) is 0.664. The molecular weight excluding hydrogens is 288 g/mol. The Balaban J connectivity index is 2.18. The standard InChI is InChI=1S/C15H16N2O5/c1-15(2)6-8(18)11-10(7-15)22-14(16)13(17(19)20)12(11)9-4-3-5-21-9/h3-5,12H,6-7,16H2,1-2H3/t12-/m0/s1. The molecule has 0 fully saturated rings. The number of hydrogen-bond donors (Lipinski definition) is 1. The second-order valence-corrected chi connectivity index (χ2v) is 6.33. The molecule has 2 heterocycles. The number of ketones is 1. The van der Waals surface area contributed by atoms with Crippen LogP contribution in [0.15, 0.2) is 45.7 Å². The van der Waals surface area contributed by atoms with E-state index in [-0.39, 0.29) is 28.4 Å². The summed E-state index contributed by atoms with van der Waals surface area (Å²) in [4.78, 5) is 23.3. The second-order valence-electron chi connectivity index (χ2n) is 6.33. The van der Waals surface area contributed by atoms with Crippen molar-refractivity contribution in [2.75, 3.05) is 0 Å². The van der Waals surface area contributed by atoms with Crippen LogP contribution in [0.3, 0.4) is 0 Å². The van der Waals surface area contributed by atoms with E-state index in [0.29, 0.717) is 24.4 Å². The van der Waals surface area contributed by atoms with Gasteiger partial charge in [-0.1, -0.05) is 13.8 Å². The second kappa shape index (κ2) is 4.72. The minimum atomic E-state index is -0.919. The maximum absolute atomic E-state index is 12.6. The summed E-state index contributed by atoms with van der Waals surface area (Å²) in [6, 6.07) is 3.22. The Kier molecular flexibility index (Phi) is 3.09. The fourth-order valence-electron chi connectivity index (χ4n) is 3.08. The highest BCUT2D eigenvalue weighted by Gasteiger charge is 2.48. The lowest BCUT2D eigenvalue weighted by atomic mass is 9.72. The van der Waals surface area contributed by atoms with Crippen LogP contribution in [-0.2, 0) is 9.53 Å². The van der Waals surface area contributed by atoms with Crippen molar-refractivity contribution in [3.05, 3.63) is 57.2 Å². The minimum absolute atomic E-state index is 0.167. The Morgan fingerprint density at radius 3 is 2.73 bits per heavy atom. The van der Waals surface area contributed by atoms with Crippen LogP contribution in [0.25, 0.3) is 0 Å². The first kappa shape index (κ1) is 14.4. The number of allylic oxidation sites excluding steroid dienone is 2. The molecule has 0 unspecified atom stereocenters. The average molecular weight is 304 g/mol. The maximum Gasteiger partial charge on any atom is 0.320 e. The van der Waals surface area contributed by atoms with Gasteiger partial charge in [-0.15, -0.1) is 0 Å². The Hall–Kier alpha value is -2.57. The smallest absolute Gasteiger partial charge is 0.320 e. The van der Waals surface area contributed by atoms with Crippen LogP contribution in [0.1, 0.15) is 38.4 Å². The molecule has 3 rings (SSSR count). The third kappa shape index (κ3) is 2.18. The van der Waals surface area contributed by atoms with Crippen molar-refractivity contribution in [1.82, 2.24) is 0 Å². The van der Waals surface area contributed by atoms with Gasteiger partial charge in [0.15, 0.2) is 5.78 Å². The predicted molar refractivity (Wildman–Crippen MR) is 75.8 cm³/mol. The van der Waals surface area contributed by atoms with Gasteiger partial charge in [0.2, 0.25) is 0 Å². The number of nitro groups is 1. The molecule has 0 radical (unpaired) electrons. The molecule has 1 aromatic rings. The first-order valence-electron chi connectivity index (χ1n) is 6.92. The summed E-state index contributed by atoms with van der Waals surface area (Å²) >= 11 is 0. The van der Waals surface area contributed by atoms with E-state index in [0.717, 1.165) is 0 Å². The van der Waals surface area contributed by atoms with Crippen molar-refractivity contribution in [1.29, 1.82) is 0 Å². The number of hydrogen-bond acceptors (Lipinski definition) is 6. The summed E-state index contributed by atoms with van der Waals surface area (Å²) in [5.41, 5.74) is 5.42. The number of carbonyl (C=O) groups is 1. The topological polar surface area (TPSA) is 109 Å². The molecule has 7 heteroatoms. The molecule has 1 aliphatic carbocycles. The van der Waals surface area contributed by atoms with E-state index in [1.54, 1.807) is 12.1 Å². The zero-order valence-electron chi connectivity index (χ0n) is 12.3. The summed E-state index contributed by atoms with van der Waals surface area (Å²) in [5.74, 6) is -0.642. The highest BCUT2D eigenvalue weighted by atomic mass is 16.6. The van der Waals surface area contributed by atoms with E-state index < -0.39 is 10.8 Å². The fourth-order valence-corrected chi connectivity index (χ4v) is 3.08. The molecule has 116 valence electrons. The molecule has 22 heavy (non-hydrogen) atoms. The van der Waals surface area contributed by atoms with E-state index in [2.05, 4.69) is 0 Å². The zero-order chi connectivity index (χ0) is 16.1. The Labute approximate surface area is 126 Å². The molecule has 0 bridgehead atoms. The Morgan fingerprint density at radius 2 is 2.14 bits per heavy atom. The van der Waals surface area contributed by atoms with Gasteiger partial charge in [-0.25, -0.2) is 0 Å². The van der Waals surface area contributed by atoms with Crippen molar-refractivity contribution in [2.45, 2.75) is 32.6 Å². The normalized spacial score (nSPS) is 24.1. The summed E-state index contributed by atoms with van der Waals surface area (Å²) in [5, 5.41) is 11.4. The van der Waals surface area contributed by atoms with Crippen molar-refractivity contribution >= 4 is 5.78 Å². The van der Waals surface area contributed by atoms with E-state index in [1.807, 2.05) is 13.8 Å². The van der Waals surface area contributed by atoms with E-state index in [9.17, 15) is 14.9 Å². The van der Waals surface area contributed by atoms with E-state index in [4.69, 9.17) is 14.9 Å². The van der Waals surface area contributed by atoms with E-state index >= 15 is 0 Å². The van der Waals surface area contributed by atoms with Crippen LogP contribution >= 0.6 is 0 Å². The molecule has 1 atom stereocenters. The Morgan fingerprint density at radius 1 is 1.41 bits per heavy atom. The lowest BCUT2D eigenvalue weighted by Gasteiger charge is -2.35. The number of rotatable bonds is 2. The molecule has 7 nitrogen and oxygen atoms in total. The van der Waals surface area contributed by atoms with Gasteiger partial charge in [0.05, 0.1) is 16.8 Å². The highest BCUT2D eigenvalue weighted by molar-refractivity contribution is 5.99. The first-order chi connectivity index (χ1) is 10.3.